The maximum absolute atomic E-state index is 0. The molecule has 0 saturated carbocycles. The van der Waals surface area contributed by atoms with E-state index in [0.717, 1.165) is 0 Å². The Labute approximate surface area is 55.4 Å². The third-order valence-electron chi connectivity index (χ3n) is 0. The SMILES string of the molecule is Cl.F.[LiH].[Ru]. The summed E-state index contributed by atoms with van der Waals surface area (Å²) in [5.41, 5.74) is 0. The molecular formula is H3ClFLiRu. The first kappa shape index (κ1) is 51.7. The fraction of sp³-hybridized carbons (Fsp3) is 0. The molecule has 0 N–H and O–H groups in total. The summed E-state index contributed by atoms with van der Waals surface area (Å²) in [6.45, 7) is 0. The van der Waals surface area contributed by atoms with Crippen molar-refractivity contribution < 1.29 is 24.2 Å². The number of halogens is 2. The third-order valence-corrected chi connectivity index (χ3v) is 0. The van der Waals surface area contributed by atoms with Crippen molar-refractivity contribution in [3.63, 3.8) is 0 Å². The minimum Gasteiger partial charge on any atom is 0 e. The van der Waals surface area contributed by atoms with Gasteiger partial charge in [-0.2, -0.15) is 0 Å². The second-order valence-corrected chi connectivity index (χ2v) is 0. The van der Waals surface area contributed by atoms with E-state index in [2.05, 4.69) is 0 Å². The van der Waals surface area contributed by atoms with E-state index < -0.39 is 0 Å². The molecule has 4 heavy (non-hydrogen) atoms. The Hall–Kier alpha value is 1.44. The van der Waals surface area contributed by atoms with E-state index in [1.165, 1.54) is 0 Å². The Morgan fingerprint density at radius 1 is 1.00 bits per heavy atom. The average molecular weight is 165 g/mol. The van der Waals surface area contributed by atoms with Crippen LogP contribution in [0.1, 0.15) is 0 Å². The fourth-order valence-corrected chi connectivity index (χ4v) is 0. The van der Waals surface area contributed by atoms with E-state index in [4.69, 9.17) is 0 Å². The average Bonchev–Trinajstić information content (AvgIpc) is 0. The minimum absolute atomic E-state index is 0. The molecule has 0 aliphatic rings. The van der Waals surface area contributed by atoms with Gasteiger partial charge in [-0.3, -0.25) is 4.70 Å². The quantitative estimate of drug-likeness (QED) is 0.441. The minimum atomic E-state index is 0. The van der Waals surface area contributed by atoms with E-state index in [1.807, 2.05) is 0 Å². The molecule has 0 nitrogen and oxygen atoms in total. The zero-order valence-electron chi connectivity index (χ0n) is 1.17. The van der Waals surface area contributed by atoms with Crippen LogP contribution in [-0.4, -0.2) is 18.9 Å². The number of rotatable bonds is 0. The topological polar surface area (TPSA) is 0 Å². The molecule has 0 fully saturated rings. The Kier molecular flexibility index (Phi) is 327. The first-order valence-electron chi connectivity index (χ1n) is 0. The Bertz CT molecular complexity index is 8.00. The molecule has 0 aromatic carbocycles. The standard InChI is InChI=1S/ClH.FH.Li.Ru.H/h2*1H;;;. The van der Waals surface area contributed by atoms with Gasteiger partial charge in [-0.25, -0.2) is 0 Å². The van der Waals surface area contributed by atoms with Crippen LogP contribution in [-0.2, 0) is 19.5 Å². The van der Waals surface area contributed by atoms with Gasteiger partial charge in [0.05, 0.1) is 0 Å². The van der Waals surface area contributed by atoms with Gasteiger partial charge in [0.15, 0.2) is 0 Å². The molecule has 0 heterocycles. The summed E-state index contributed by atoms with van der Waals surface area (Å²) >= 11 is 0. The zero-order chi connectivity index (χ0) is 0. The molecule has 0 radical (unpaired) electrons. The molecule has 0 atom stereocenters. The van der Waals surface area contributed by atoms with Crippen molar-refractivity contribution in [2.75, 3.05) is 0 Å². The molecule has 4 heteroatoms. The summed E-state index contributed by atoms with van der Waals surface area (Å²) in [6, 6.07) is 0. The third kappa shape index (κ3) is 9.87. The second-order valence-electron chi connectivity index (χ2n) is 0. The van der Waals surface area contributed by atoms with Crippen LogP contribution < -0.4 is 0 Å². The Balaban J connectivity index is 0. The van der Waals surface area contributed by atoms with E-state index in [9.17, 15) is 0 Å². The molecule has 0 aliphatic heterocycles. The molecule has 0 saturated heterocycles. The van der Waals surface area contributed by atoms with Gasteiger partial charge in [-0.05, 0) is 0 Å². The van der Waals surface area contributed by atoms with Crippen LogP contribution in [0, 0.1) is 0 Å². The van der Waals surface area contributed by atoms with Gasteiger partial charge < -0.3 is 0 Å². The number of hydrogen-bond acceptors (Lipinski definition) is 0. The molecule has 0 unspecified atom stereocenters. The monoisotopic (exact) mass is 166 g/mol. The van der Waals surface area contributed by atoms with Crippen LogP contribution in [0.15, 0.2) is 0 Å². The van der Waals surface area contributed by atoms with Gasteiger partial charge in [-0.1, -0.05) is 0 Å². The van der Waals surface area contributed by atoms with E-state index in [1.54, 1.807) is 0 Å². The molecule has 0 bridgehead atoms. The summed E-state index contributed by atoms with van der Waals surface area (Å²) in [5.74, 6) is 0. The Morgan fingerprint density at radius 3 is 1.00 bits per heavy atom. The summed E-state index contributed by atoms with van der Waals surface area (Å²) in [4.78, 5) is 0. The van der Waals surface area contributed by atoms with Crippen molar-refractivity contribution in [2.45, 2.75) is 0 Å². The van der Waals surface area contributed by atoms with Crippen molar-refractivity contribution in [2.24, 2.45) is 0 Å². The molecule has 0 aliphatic carbocycles. The van der Waals surface area contributed by atoms with Gasteiger partial charge in [0, 0.05) is 19.5 Å². The van der Waals surface area contributed by atoms with Gasteiger partial charge in [0.25, 0.3) is 0 Å². The van der Waals surface area contributed by atoms with Crippen LogP contribution in [0.4, 0.5) is 4.70 Å². The normalized spacial score (nSPS) is 0. The van der Waals surface area contributed by atoms with Gasteiger partial charge in [-0.15, -0.1) is 12.4 Å². The molecule has 0 spiro atoms. The first-order chi connectivity index (χ1) is 0. The molecule has 26 valence electrons. The molecular weight excluding hydrogens is 162 g/mol. The maximum Gasteiger partial charge on any atom is 0 e. The smallest absolute Gasteiger partial charge is 0 e. The van der Waals surface area contributed by atoms with E-state index in [-0.39, 0.29) is 55.5 Å². The van der Waals surface area contributed by atoms with Crippen molar-refractivity contribution in [1.82, 2.24) is 0 Å². The van der Waals surface area contributed by atoms with Crippen LogP contribution in [0.3, 0.4) is 0 Å². The van der Waals surface area contributed by atoms with Crippen molar-refractivity contribution in [3.8, 4) is 0 Å². The molecule has 0 aromatic heterocycles. The maximum atomic E-state index is 0. The van der Waals surface area contributed by atoms with Gasteiger partial charge >= 0.3 is 18.9 Å². The van der Waals surface area contributed by atoms with Crippen molar-refractivity contribution >= 4 is 31.3 Å². The van der Waals surface area contributed by atoms with Gasteiger partial charge in [0.2, 0.25) is 0 Å². The van der Waals surface area contributed by atoms with Crippen LogP contribution in [0.25, 0.3) is 0 Å². The van der Waals surface area contributed by atoms with Crippen molar-refractivity contribution in [1.29, 1.82) is 0 Å². The summed E-state index contributed by atoms with van der Waals surface area (Å²) < 4.78 is 0. The number of hydrogen-bond donors (Lipinski definition) is 0. The molecule has 0 rings (SSSR count). The van der Waals surface area contributed by atoms with Crippen LogP contribution in [0.2, 0.25) is 0 Å². The predicted octanol–water partition coefficient (Wildman–Crippen LogP) is -0.0767. The van der Waals surface area contributed by atoms with Gasteiger partial charge in [0.1, 0.15) is 0 Å². The summed E-state index contributed by atoms with van der Waals surface area (Å²) in [5, 5.41) is 0. The largest absolute Gasteiger partial charge is 0 e. The first-order valence-corrected chi connectivity index (χ1v) is 0. The predicted molar refractivity (Wildman–Crippen MR) is 16.9 cm³/mol. The molecule has 0 aromatic rings. The van der Waals surface area contributed by atoms with Crippen LogP contribution in [0.5, 0.6) is 0 Å². The molecule has 0 amide bonds. The fourth-order valence-electron chi connectivity index (χ4n) is 0. The Morgan fingerprint density at radius 2 is 1.00 bits per heavy atom. The summed E-state index contributed by atoms with van der Waals surface area (Å²) in [7, 11) is 0. The zero-order valence-corrected chi connectivity index (χ0v) is 3.72. The van der Waals surface area contributed by atoms with E-state index in [0.29, 0.717) is 0 Å². The van der Waals surface area contributed by atoms with E-state index >= 15 is 0 Å². The van der Waals surface area contributed by atoms with Crippen molar-refractivity contribution in [3.05, 3.63) is 0 Å². The second kappa shape index (κ2) is 25.3. The summed E-state index contributed by atoms with van der Waals surface area (Å²) in [6.07, 6.45) is 0. The van der Waals surface area contributed by atoms with Crippen LogP contribution >= 0.6 is 12.4 Å².